The van der Waals surface area contributed by atoms with E-state index in [4.69, 9.17) is 4.74 Å². The number of carbonyl (C=O) groups excluding carboxylic acids is 2. The quantitative estimate of drug-likeness (QED) is 0.379. The van der Waals surface area contributed by atoms with Gasteiger partial charge in [-0.05, 0) is 30.5 Å². The lowest BCUT2D eigenvalue weighted by molar-refractivity contribution is -0.384. The van der Waals surface area contributed by atoms with Crippen LogP contribution in [0, 0.1) is 10.1 Å². The number of esters is 1. The monoisotopic (exact) mass is 403 g/mol. The van der Waals surface area contributed by atoms with Gasteiger partial charge in [-0.15, -0.1) is 11.3 Å². The van der Waals surface area contributed by atoms with E-state index in [0.29, 0.717) is 10.7 Å². The van der Waals surface area contributed by atoms with Crippen molar-refractivity contribution < 1.29 is 19.2 Å². The molecule has 0 radical (unpaired) electrons. The Balaban J connectivity index is 1.59. The molecule has 27 heavy (non-hydrogen) atoms. The zero-order valence-electron chi connectivity index (χ0n) is 13.9. The number of nitro benzene ring substituents is 1. The first-order valence-electron chi connectivity index (χ1n) is 7.68. The van der Waals surface area contributed by atoms with Crippen molar-refractivity contribution in [1.82, 2.24) is 4.98 Å². The van der Waals surface area contributed by atoms with E-state index in [-0.39, 0.29) is 11.4 Å². The lowest BCUT2D eigenvalue weighted by atomic mass is 10.2. The molecule has 3 rings (SSSR count). The Hall–Kier alpha value is -3.11. The van der Waals surface area contributed by atoms with Crippen LogP contribution in [-0.2, 0) is 9.53 Å². The number of carbonyl (C=O) groups is 2. The van der Waals surface area contributed by atoms with Crippen molar-refractivity contribution in [2.24, 2.45) is 0 Å². The van der Waals surface area contributed by atoms with Crippen molar-refractivity contribution in [3.8, 4) is 10.6 Å². The van der Waals surface area contributed by atoms with Gasteiger partial charge < -0.3 is 10.1 Å². The van der Waals surface area contributed by atoms with Crippen molar-refractivity contribution in [2.75, 3.05) is 5.32 Å². The molecular formula is C17H13N3O5S2. The fourth-order valence-corrected chi connectivity index (χ4v) is 3.57. The number of rotatable bonds is 6. The molecule has 1 atom stereocenters. The Bertz CT molecular complexity index is 967. The molecule has 1 unspecified atom stereocenters. The number of aromatic nitrogens is 1. The average molecular weight is 403 g/mol. The van der Waals surface area contributed by atoms with Crippen LogP contribution < -0.4 is 5.32 Å². The van der Waals surface area contributed by atoms with Crippen molar-refractivity contribution in [3.05, 3.63) is 62.3 Å². The summed E-state index contributed by atoms with van der Waals surface area (Å²) in [7, 11) is 0. The van der Waals surface area contributed by atoms with Crippen LogP contribution in [0.25, 0.3) is 10.6 Å². The van der Waals surface area contributed by atoms with E-state index in [2.05, 4.69) is 10.3 Å². The van der Waals surface area contributed by atoms with Gasteiger partial charge in [0.15, 0.2) is 11.8 Å². The molecule has 1 aromatic carbocycles. The predicted octanol–water partition coefficient (Wildman–Crippen LogP) is 3.96. The normalized spacial score (nSPS) is 11.6. The summed E-state index contributed by atoms with van der Waals surface area (Å²) in [5.74, 6) is -1.25. The molecule has 8 nitrogen and oxygen atoms in total. The molecule has 1 N–H and O–H groups in total. The number of hydrogen-bond acceptors (Lipinski definition) is 8. The molecule has 0 aliphatic carbocycles. The number of benzene rings is 1. The standard InChI is InChI=1S/C17H13N3O5S2/c1-10(15(21)18-12-2-4-13(5-3-12)20(23)24)25-17(22)14-9-27-16(19-14)11-6-7-26-8-11/h2-10H,1H3,(H,18,21). The predicted molar refractivity (Wildman–Crippen MR) is 102 cm³/mol. The van der Waals surface area contributed by atoms with Crippen LogP contribution in [0.2, 0.25) is 0 Å². The van der Waals surface area contributed by atoms with Gasteiger partial charge in [-0.25, -0.2) is 9.78 Å². The fourth-order valence-electron chi connectivity index (χ4n) is 2.07. The van der Waals surface area contributed by atoms with Crippen LogP contribution in [0.5, 0.6) is 0 Å². The van der Waals surface area contributed by atoms with E-state index < -0.39 is 22.9 Å². The highest BCUT2D eigenvalue weighted by Gasteiger charge is 2.21. The van der Waals surface area contributed by atoms with Crippen molar-refractivity contribution >= 4 is 45.9 Å². The second-order valence-electron chi connectivity index (χ2n) is 5.39. The summed E-state index contributed by atoms with van der Waals surface area (Å²) in [6.45, 7) is 1.44. The highest BCUT2D eigenvalue weighted by Crippen LogP contribution is 2.26. The number of thiophene rings is 1. The number of non-ortho nitro benzene ring substituents is 1. The first-order chi connectivity index (χ1) is 12.9. The van der Waals surface area contributed by atoms with E-state index in [1.165, 1.54) is 53.9 Å². The van der Waals surface area contributed by atoms with E-state index in [1.54, 1.807) is 5.38 Å². The summed E-state index contributed by atoms with van der Waals surface area (Å²) < 4.78 is 5.15. The Morgan fingerprint density at radius 3 is 2.59 bits per heavy atom. The molecule has 2 aromatic heterocycles. The number of hydrogen-bond donors (Lipinski definition) is 1. The molecule has 0 bridgehead atoms. The van der Waals surface area contributed by atoms with Gasteiger partial charge in [0.05, 0.1) is 4.92 Å². The number of amides is 1. The minimum atomic E-state index is -1.06. The minimum Gasteiger partial charge on any atom is -0.448 e. The maximum Gasteiger partial charge on any atom is 0.358 e. The number of anilines is 1. The van der Waals surface area contributed by atoms with Crippen molar-refractivity contribution in [2.45, 2.75) is 13.0 Å². The highest BCUT2D eigenvalue weighted by molar-refractivity contribution is 7.14. The zero-order valence-corrected chi connectivity index (χ0v) is 15.6. The van der Waals surface area contributed by atoms with Gasteiger partial charge in [-0.1, -0.05) is 0 Å². The largest absolute Gasteiger partial charge is 0.448 e. The molecule has 3 aromatic rings. The third-order valence-corrected chi connectivity index (χ3v) is 5.05. The lowest BCUT2D eigenvalue weighted by Gasteiger charge is -2.12. The van der Waals surface area contributed by atoms with Crippen LogP contribution in [0.4, 0.5) is 11.4 Å². The van der Waals surface area contributed by atoms with Crippen LogP contribution in [0.1, 0.15) is 17.4 Å². The smallest absolute Gasteiger partial charge is 0.358 e. The first-order valence-corrected chi connectivity index (χ1v) is 9.50. The molecule has 0 aliphatic heterocycles. The SMILES string of the molecule is CC(OC(=O)c1csc(-c2ccsc2)n1)C(=O)Nc1ccc([N+](=O)[O-])cc1. The second kappa shape index (κ2) is 8.06. The number of nitrogens with zero attached hydrogens (tertiary/aromatic N) is 2. The number of thiazole rings is 1. The van der Waals surface area contributed by atoms with Crippen molar-refractivity contribution in [3.63, 3.8) is 0 Å². The molecule has 10 heteroatoms. The molecule has 1 amide bonds. The van der Waals surface area contributed by atoms with Gasteiger partial charge in [0.2, 0.25) is 0 Å². The van der Waals surface area contributed by atoms with Gasteiger partial charge in [-0.2, -0.15) is 11.3 Å². The molecular weight excluding hydrogens is 390 g/mol. The van der Waals surface area contributed by atoms with Gasteiger partial charge in [0.25, 0.3) is 11.6 Å². The third-order valence-electron chi connectivity index (χ3n) is 3.48. The summed E-state index contributed by atoms with van der Waals surface area (Å²) in [5.41, 5.74) is 1.34. The second-order valence-corrected chi connectivity index (χ2v) is 7.03. The van der Waals surface area contributed by atoms with E-state index in [9.17, 15) is 19.7 Å². The van der Waals surface area contributed by atoms with Gasteiger partial charge in [0, 0.05) is 34.1 Å². The maximum absolute atomic E-state index is 12.2. The summed E-state index contributed by atoms with van der Waals surface area (Å²) in [5, 5.41) is 19.3. The van der Waals surface area contributed by atoms with Gasteiger partial charge >= 0.3 is 5.97 Å². The van der Waals surface area contributed by atoms with E-state index >= 15 is 0 Å². The van der Waals surface area contributed by atoms with Gasteiger partial charge in [0.1, 0.15) is 5.01 Å². The molecule has 0 fully saturated rings. The molecule has 0 aliphatic rings. The van der Waals surface area contributed by atoms with Crippen molar-refractivity contribution in [1.29, 1.82) is 0 Å². The zero-order chi connectivity index (χ0) is 19.4. The van der Waals surface area contributed by atoms with E-state index in [1.807, 2.05) is 16.8 Å². The molecule has 0 saturated heterocycles. The highest BCUT2D eigenvalue weighted by atomic mass is 32.1. The Morgan fingerprint density at radius 2 is 1.96 bits per heavy atom. The Morgan fingerprint density at radius 1 is 1.22 bits per heavy atom. The van der Waals surface area contributed by atoms with E-state index in [0.717, 1.165) is 5.56 Å². The van der Waals surface area contributed by atoms with Crippen LogP contribution >= 0.6 is 22.7 Å². The Kier molecular flexibility index (Phi) is 5.57. The summed E-state index contributed by atoms with van der Waals surface area (Å²) in [6.07, 6.45) is -1.06. The number of ether oxygens (including phenoxy) is 1. The molecule has 2 heterocycles. The molecule has 138 valence electrons. The average Bonchev–Trinajstić information content (AvgIpc) is 3.33. The molecule has 0 saturated carbocycles. The van der Waals surface area contributed by atoms with Crippen LogP contribution in [0.15, 0.2) is 46.5 Å². The summed E-state index contributed by atoms with van der Waals surface area (Å²) in [6, 6.07) is 7.25. The minimum absolute atomic E-state index is 0.0857. The van der Waals surface area contributed by atoms with Gasteiger partial charge in [-0.3, -0.25) is 14.9 Å². The Labute approximate surface area is 161 Å². The first kappa shape index (κ1) is 18.7. The third kappa shape index (κ3) is 4.54. The number of nitro groups is 1. The lowest BCUT2D eigenvalue weighted by Crippen LogP contribution is -2.30. The van der Waals surface area contributed by atoms with Crippen LogP contribution in [0.3, 0.4) is 0 Å². The summed E-state index contributed by atoms with van der Waals surface area (Å²) >= 11 is 2.85. The summed E-state index contributed by atoms with van der Waals surface area (Å²) in [4.78, 5) is 38.7. The maximum atomic E-state index is 12.2. The topological polar surface area (TPSA) is 111 Å². The number of nitrogens with one attached hydrogen (secondary N) is 1. The van der Waals surface area contributed by atoms with Crippen LogP contribution in [-0.4, -0.2) is 27.9 Å². The fraction of sp³-hybridized carbons (Fsp3) is 0.118. The molecule has 0 spiro atoms.